The first-order valence-corrected chi connectivity index (χ1v) is 6.73. The minimum absolute atomic E-state index is 0.413. The number of likely N-dealkylation sites (N-methyl/N-ethyl adjacent to an activating group) is 3. The fourth-order valence-corrected chi connectivity index (χ4v) is 2.19. The van der Waals surface area contributed by atoms with Crippen molar-refractivity contribution < 1.29 is 9.90 Å². The van der Waals surface area contributed by atoms with E-state index >= 15 is 0 Å². The Labute approximate surface area is 121 Å². The molecule has 0 aromatic heterocycles. The molecule has 1 rings (SSSR count). The zero-order valence-electron chi connectivity index (χ0n) is 12.8. The molecule has 0 aliphatic heterocycles. The monoisotopic (exact) mass is 279 g/mol. The normalized spacial score (nSPS) is 14.5. The van der Waals surface area contributed by atoms with Crippen molar-refractivity contribution in [1.29, 1.82) is 0 Å². The first-order chi connectivity index (χ1) is 9.42. The molecular formula is C15H25N3O2. The maximum absolute atomic E-state index is 11.8. The number of nitrogens with one attached hydrogen (secondary N) is 1. The molecule has 5 heteroatoms. The van der Waals surface area contributed by atoms with E-state index in [1.165, 1.54) is 0 Å². The van der Waals surface area contributed by atoms with Crippen LogP contribution in [-0.2, 0) is 10.3 Å². The molecule has 0 heterocycles. The van der Waals surface area contributed by atoms with Crippen LogP contribution in [0, 0.1) is 0 Å². The second-order valence-corrected chi connectivity index (χ2v) is 5.37. The summed E-state index contributed by atoms with van der Waals surface area (Å²) in [7, 11) is 7.66. The van der Waals surface area contributed by atoms with E-state index in [-0.39, 0.29) is 0 Å². The highest BCUT2D eigenvalue weighted by Gasteiger charge is 2.39. The Morgan fingerprint density at radius 2 is 1.80 bits per heavy atom. The summed E-state index contributed by atoms with van der Waals surface area (Å²) < 4.78 is 0. The number of nitrogens with zero attached hydrogens (tertiary/aromatic N) is 2. The van der Waals surface area contributed by atoms with Gasteiger partial charge in [-0.25, -0.2) is 4.79 Å². The molecule has 0 spiro atoms. The number of carboxylic acids is 1. The molecule has 0 amide bonds. The first kappa shape index (κ1) is 16.6. The molecule has 2 N–H and O–H groups in total. The van der Waals surface area contributed by atoms with Crippen molar-refractivity contribution in [2.75, 3.05) is 47.8 Å². The standard InChI is InChI=1S/C15H25N3O2/c1-16-15(14(19)20,13-8-6-5-7-9-13)12-18(4)11-10-17(2)3/h5-9,16H,10-12H2,1-4H3,(H,19,20). The summed E-state index contributed by atoms with van der Waals surface area (Å²) in [5.41, 5.74) is -0.311. The third-order valence-electron chi connectivity index (χ3n) is 3.49. The van der Waals surface area contributed by atoms with Gasteiger partial charge in [-0.2, -0.15) is 0 Å². The third-order valence-corrected chi connectivity index (χ3v) is 3.49. The van der Waals surface area contributed by atoms with Crippen LogP contribution in [0.1, 0.15) is 5.56 Å². The third kappa shape index (κ3) is 4.03. The summed E-state index contributed by atoms with van der Waals surface area (Å²) in [5, 5.41) is 12.7. The van der Waals surface area contributed by atoms with Gasteiger partial charge < -0.3 is 20.2 Å². The highest BCUT2D eigenvalue weighted by Crippen LogP contribution is 2.22. The molecule has 0 fully saturated rings. The lowest BCUT2D eigenvalue weighted by molar-refractivity contribution is -0.146. The van der Waals surface area contributed by atoms with Crippen molar-refractivity contribution in [3.63, 3.8) is 0 Å². The van der Waals surface area contributed by atoms with Gasteiger partial charge in [-0.3, -0.25) is 0 Å². The van der Waals surface area contributed by atoms with Gasteiger partial charge in [0.05, 0.1) is 0 Å². The minimum atomic E-state index is -1.08. The van der Waals surface area contributed by atoms with Gasteiger partial charge in [-0.05, 0) is 33.8 Å². The Morgan fingerprint density at radius 1 is 1.20 bits per heavy atom. The quantitative estimate of drug-likeness (QED) is 0.733. The Morgan fingerprint density at radius 3 is 2.25 bits per heavy atom. The van der Waals surface area contributed by atoms with Crippen molar-refractivity contribution in [1.82, 2.24) is 15.1 Å². The average Bonchev–Trinajstić information content (AvgIpc) is 2.43. The van der Waals surface area contributed by atoms with Gasteiger partial charge in [0.2, 0.25) is 0 Å². The van der Waals surface area contributed by atoms with Gasteiger partial charge in [0.25, 0.3) is 0 Å². The summed E-state index contributed by atoms with van der Waals surface area (Å²) in [4.78, 5) is 16.0. The summed E-state index contributed by atoms with van der Waals surface area (Å²) >= 11 is 0. The molecule has 1 aromatic rings. The van der Waals surface area contributed by atoms with Gasteiger partial charge >= 0.3 is 5.97 Å². The van der Waals surface area contributed by atoms with Crippen LogP contribution < -0.4 is 5.32 Å². The van der Waals surface area contributed by atoms with Crippen LogP contribution in [0.3, 0.4) is 0 Å². The molecule has 0 aliphatic rings. The lowest BCUT2D eigenvalue weighted by Crippen LogP contribution is -2.55. The number of hydrogen-bond acceptors (Lipinski definition) is 4. The molecule has 112 valence electrons. The van der Waals surface area contributed by atoms with Crippen LogP contribution in [-0.4, -0.2) is 68.7 Å². The Balaban J connectivity index is 2.93. The summed E-state index contributed by atoms with van der Waals surface area (Å²) in [5.74, 6) is -0.858. The second-order valence-electron chi connectivity index (χ2n) is 5.37. The zero-order valence-corrected chi connectivity index (χ0v) is 12.8. The number of hydrogen-bond donors (Lipinski definition) is 2. The highest BCUT2D eigenvalue weighted by molar-refractivity contribution is 5.81. The van der Waals surface area contributed by atoms with Gasteiger partial charge in [-0.1, -0.05) is 30.3 Å². The summed E-state index contributed by atoms with van der Waals surface area (Å²) in [6.07, 6.45) is 0. The van der Waals surface area contributed by atoms with Gasteiger partial charge in [-0.15, -0.1) is 0 Å². The van der Waals surface area contributed by atoms with Gasteiger partial charge in [0, 0.05) is 19.6 Å². The van der Waals surface area contributed by atoms with Crippen molar-refractivity contribution >= 4 is 5.97 Å². The summed E-state index contributed by atoms with van der Waals surface area (Å²) in [6.45, 7) is 2.12. The maximum Gasteiger partial charge on any atom is 0.329 e. The predicted octanol–water partition coefficient (Wildman–Crippen LogP) is 0.679. The minimum Gasteiger partial charge on any atom is -0.480 e. The van der Waals surface area contributed by atoms with Crippen molar-refractivity contribution in [2.45, 2.75) is 5.54 Å². The van der Waals surface area contributed by atoms with E-state index in [1.807, 2.05) is 56.4 Å². The fraction of sp³-hybridized carbons (Fsp3) is 0.533. The largest absolute Gasteiger partial charge is 0.480 e. The number of carboxylic acid groups (broad SMARTS) is 1. The van der Waals surface area contributed by atoms with E-state index in [2.05, 4.69) is 10.2 Å². The number of carbonyl (C=O) groups is 1. The number of aliphatic carboxylic acids is 1. The Hall–Kier alpha value is -1.43. The van der Waals surface area contributed by atoms with Gasteiger partial charge in [0.1, 0.15) is 0 Å². The van der Waals surface area contributed by atoms with E-state index in [0.717, 1.165) is 18.7 Å². The van der Waals surface area contributed by atoms with Crippen LogP contribution in [0.15, 0.2) is 30.3 Å². The molecule has 0 radical (unpaired) electrons. The molecule has 1 aromatic carbocycles. The highest BCUT2D eigenvalue weighted by atomic mass is 16.4. The van der Waals surface area contributed by atoms with Crippen LogP contribution in [0.25, 0.3) is 0 Å². The molecular weight excluding hydrogens is 254 g/mol. The molecule has 1 unspecified atom stereocenters. The van der Waals surface area contributed by atoms with Crippen LogP contribution in [0.2, 0.25) is 0 Å². The lowest BCUT2D eigenvalue weighted by Gasteiger charge is -2.34. The van der Waals surface area contributed by atoms with Crippen molar-refractivity contribution in [2.24, 2.45) is 0 Å². The van der Waals surface area contributed by atoms with E-state index in [9.17, 15) is 9.90 Å². The smallest absolute Gasteiger partial charge is 0.329 e. The Kier molecular flexibility index (Phi) is 6.13. The topological polar surface area (TPSA) is 55.8 Å². The van der Waals surface area contributed by atoms with Gasteiger partial charge in [0.15, 0.2) is 5.54 Å². The van der Waals surface area contributed by atoms with E-state index in [1.54, 1.807) is 7.05 Å². The zero-order chi connectivity index (χ0) is 15.2. The summed E-state index contributed by atoms with van der Waals surface area (Å²) in [6, 6.07) is 9.32. The van der Waals surface area contributed by atoms with E-state index < -0.39 is 11.5 Å². The first-order valence-electron chi connectivity index (χ1n) is 6.73. The molecule has 20 heavy (non-hydrogen) atoms. The fourth-order valence-electron chi connectivity index (χ4n) is 2.19. The second kappa shape index (κ2) is 7.38. The molecule has 0 saturated heterocycles. The SMILES string of the molecule is CNC(CN(C)CCN(C)C)(C(=O)O)c1ccccc1. The number of rotatable bonds is 8. The molecule has 0 aliphatic carbocycles. The van der Waals surface area contributed by atoms with E-state index in [4.69, 9.17) is 0 Å². The number of benzene rings is 1. The maximum atomic E-state index is 11.8. The Bertz CT molecular complexity index is 422. The van der Waals surface area contributed by atoms with Crippen LogP contribution in [0.4, 0.5) is 0 Å². The molecule has 0 bridgehead atoms. The molecule has 1 atom stereocenters. The van der Waals surface area contributed by atoms with Crippen LogP contribution >= 0.6 is 0 Å². The predicted molar refractivity (Wildman–Crippen MR) is 80.9 cm³/mol. The van der Waals surface area contributed by atoms with E-state index in [0.29, 0.717) is 6.54 Å². The lowest BCUT2D eigenvalue weighted by atomic mass is 9.89. The molecule has 5 nitrogen and oxygen atoms in total. The van der Waals surface area contributed by atoms with Crippen molar-refractivity contribution in [3.8, 4) is 0 Å². The van der Waals surface area contributed by atoms with Crippen molar-refractivity contribution in [3.05, 3.63) is 35.9 Å². The average molecular weight is 279 g/mol. The molecule has 0 saturated carbocycles. The van der Waals surface area contributed by atoms with Crippen LogP contribution in [0.5, 0.6) is 0 Å².